The molecule has 10 nitrogen and oxygen atoms in total. The zero-order valence-electron chi connectivity index (χ0n) is 18.6. The summed E-state index contributed by atoms with van der Waals surface area (Å²) in [6.07, 6.45) is 8.46. The molecule has 10 heteroatoms. The minimum absolute atomic E-state index is 0.0108. The quantitative estimate of drug-likeness (QED) is 0.540. The highest BCUT2D eigenvalue weighted by molar-refractivity contribution is 5.97. The third-order valence-corrected chi connectivity index (χ3v) is 8.34. The molecule has 0 radical (unpaired) electrons. The van der Waals surface area contributed by atoms with Crippen LogP contribution in [0.5, 0.6) is 0 Å². The zero-order chi connectivity index (χ0) is 23.0. The molecule has 3 N–H and O–H groups in total. The molecule has 1 amide bonds. The SMILES string of the molecule is N#CC1CN(C(=O)c2noc(-c3cnc4[nH]ccc4c3N[C@H]3C4CC5CC3C[C@@](O)(C5)C4)n2)C1. The maximum absolute atomic E-state index is 12.7. The molecule has 8 rings (SSSR count). The first-order valence-corrected chi connectivity index (χ1v) is 12.0. The molecule has 3 aromatic heterocycles. The fourth-order valence-electron chi connectivity index (χ4n) is 7.00. The van der Waals surface area contributed by atoms with Gasteiger partial charge in [-0.3, -0.25) is 4.79 Å². The second-order valence-corrected chi connectivity index (χ2v) is 10.6. The Bertz CT molecular complexity index is 1320. The number of hydrogen-bond donors (Lipinski definition) is 3. The van der Waals surface area contributed by atoms with Gasteiger partial charge in [0.05, 0.1) is 28.8 Å². The molecular weight excluding hydrogens is 434 g/mol. The van der Waals surface area contributed by atoms with Gasteiger partial charge in [-0.25, -0.2) is 4.98 Å². The summed E-state index contributed by atoms with van der Waals surface area (Å²) < 4.78 is 5.53. The number of carbonyl (C=O) groups is 1. The van der Waals surface area contributed by atoms with E-state index in [9.17, 15) is 9.90 Å². The second-order valence-electron chi connectivity index (χ2n) is 10.6. The fraction of sp³-hybridized carbons (Fsp3) is 0.542. The van der Waals surface area contributed by atoms with Crippen molar-refractivity contribution in [2.45, 2.75) is 43.7 Å². The maximum atomic E-state index is 12.7. The molecule has 4 aliphatic carbocycles. The monoisotopic (exact) mass is 459 g/mol. The number of H-pyrrole nitrogens is 1. The van der Waals surface area contributed by atoms with Crippen LogP contribution >= 0.6 is 0 Å². The van der Waals surface area contributed by atoms with E-state index in [1.165, 1.54) is 0 Å². The number of amides is 1. The van der Waals surface area contributed by atoms with E-state index < -0.39 is 5.60 Å². The number of carbonyl (C=O) groups excluding carboxylic acids is 1. The summed E-state index contributed by atoms with van der Waals surface area (Å²) in [5.41, 5.74) is 1.78. The summed E-state index contributed by atoms with van der Waals surface area (Å²) in [6.45, 7) is 0.779. The molecule has 4 saturated carbocycles. The number of aliphatic hydroxyl groups is 1. The van der Waals surface area contributed by atoms with E-state index in [4.69, 9.17) is 9.78 Å². The van der Waals surface area contributed by atoms with Crippen molar-refractivity contribution >= 4 is 22.6 Å². The molecule has 1 saturated heterocycles. The Morgan fingerprint density at radius 3 is 2.82 bits per heavy atom. The number of hydrogen-bond acceptors (Lipinski definition) is 8. The van der Waals surface area contributed by atoms with E-state index in [1.807, 2.05) is 12.3 Å². The van der Waals surface area contributed by atoms with Gasteiger partial charge in [0.25, 0.3) is 17.6 Å². The number of nitrogens with one attached hydrogen (secondary N) is 2. The Hall–Kier alpha value is -3.45. The van der Waals surface area contributed by atoms with Crippen LogP contribution in [-0.2, 0) is 0 Å². The van der Waals surface area contributed by atoms with Gasteiger partial charge in [0, 0.05) is 36.9 Å². The molecule has 34 heavy (non-hydrogen) atoms. The molecule has 4 bridgehead atoms. The largest absolute Gasteiger partial charge is 0.390 e. The number of nitriles is 1. The number of fused-ring (bicyclic) bond motifs is 1. The lowest BCUT2D eigenvalue weighted by Gasteiger charge is -2.58. The molecule has 1 aliphatic heterocycles. The van der Waals surface area contributed by atoms with Gasteiger partial charge in [-0.2, -0.15) is 10.2 Å². The van der Waals surface area contributed by atoms with E-state index in [1.54, 1.807) is 11.1 Å². The standard InChI is InChI=1S/C24H25N7O3/c25-8-13-10-31(11-13)23(32)21-29-22(34-30-21)17-9-27-20-16(1-2-26-20)19(17)28-18-14-3-12-4-15(18)7-24(33,5-12)6-14/h1-2,9,12-15,18,33H,3-7,10-11H2,(H2,26,27,28)/t12?,14?,15?,18-,24+. The molecule has 5 fully saturated rings. The number of anilines is 1. The molecule has 2 unspecified atom stereocenters. The van der Waals surface area contributed by atoms with Crippen LogP contribution in [0.2, 0.25) is 0 Å². The highest BCUT2D eigenvalue weighted by Crippen LogP contribution is 2.56. The molecule has 2 atom stereocenters. The molecule has 5 aliphatic rings. The lowest BCUT2D eigenvalue weighted by atomic mass is 9.52. The smallest absolute Gasteiger partial charge is 0.295 e. The predicted molar refractivity (Wildman–Crippen MR) is 120 cm³/mol. The third-order valence-electron chi connectivity index (χ3n) is 8.34. The van der Waals surface area contributed by atoms with Gasteiger partial charge in [0.15, 0.2) is 0 Å². The molecule has 3 aromatic rings. The van der Waals surface area contributed by atoms with Crippen molar-refractivity contribution < 1.29 is 14.4 Å². The minimum atomic E-state index is -0.498. The first-order valence-electron chi connectivity index (χ1n) is 12.0. The van der Waals surface area contributed by atoms with Crippen LogP contribution in [0.25, 0.3) is 22.5 Å². The van der Waals surface area contributed by atoms with Gasteiger partial charge in [-0.15, -0.1) is 0 Å². The topological polar surface area (TPSA) is 144 Å². The Morgan fingerprint density at radius 2 is 2.09 bits per heavy atom. The predicted octanol–water partition coefficient (Wildman–Crippen LogP) is 2.56. The van der Waals surface area contributed by atoms with Crippen molar-refractivity contribution in [3.8, 4) is 17.5 Å². The normalized spacial score (nSPS) is 32.1. The van der Waals surface area contributed by atoms with Crippen LogP contribution in [0.3, 0.4) is 0 Å². The zero-order valence-corrected chi connectivity index (χ0v) is 18.6. The molecule has 0 aromatic carbocycles. The summed E-state index contributed by atoms with van der Waals surface area (Å²) in [6, 6.07) is 4.39. The van der Waals surface area contributed by atoms with Crippen molar-refractivity contribution in [3.05, 3.63) is 24.3 Å². The first kappa shape index (κ1) is 20.0. The summed E-state index contributed by atoms with van der Waals surface area (Å²) in [5, 5.41) is 28.6. The van der Waals surface area contributed by atoms with Crippen LogP contribution in [0.1, 0.15) is 42.7 Å². The number of nitrogens with zero attached hydrogens (tertiary/aromatic N) is 5. The van der Waals surface area contributed by atoms with E-state index in [0.29, 0.717) is 36.4 Å². The fourth-order valence-corrected chi connectivity index (χ4v) is 7.00. The third kappa shape index (κ3) is 2.96. The van der Waals surface area contributed by atoms with Crippen molar-refractivity contribution in [2.75, 3.05) is 18.4 Å². The Kier molecular flexibility index (Phi) is 4.13. The van der Waals surface area contributed by atoms with Crippen LogP contribution in [0, 0.1) is 35.0 Å². The van der Waals surface area contributed by atoms with Crippen LogP contribution in [-0.4, -0.2) is 60.8 Å². The summed E-state index contributed by atoms with van der Waals surface area (Å²) in [5.74, 6) is 1.23. The van der Waals surface area contributed by atoms with Crippen LogP contribution in [0.15, 0.2) is 23.0 Å². The van der Waals surface area contributed by atoms with Crippen molar-refractivity contribution in [2.24, 2.45) is 23.7 Å². The second kappa shape index (κ2) is 7.03. The van der Waals surface area contributed by atoms with Crippen molar-refractivity contribution in [3.63, 3.8) is 0 Å². The summed E-state index contributed by atoms with van der Waals surface area (Å²) >= 11 is 0. The Labute approximate surface area is 195 Å². The highest BCUT2D eigenvalue weighted by Gasteiger charge is 2.54. The van der Waals surface area contributed by atoms with Gasteiger partial charge in [-0.1, -0.05) is 5.16 Å². The molecule has 0 spiro atoms. The Morgan fingerprint density at radius 1 is 1.29 bits per heavy atom. The number of aromatic nitrogens is 4. The number of likely N-dealkylation sites (tertiary alicyclic amines) is 1. The van der Waals surface area contributed by atoms with Gasteiger partial charge in [0.1, 0.15) is 5.65 Å². The number of aromatic amines is 1. The summed E-state index contributed by atoms with van der Waals surface area (Å²) in [4.78, 5) is 26.3. The van der Waals surface area contributed by atoms with E-state index in [0.717, 1.165) is 48.8 Å². The molecular formula is C24H25N7O3. The van der Waals surface area contributed by atoms with Gasteiger partial charge in [-0.05, 0) is 55.9 Å². The number of pyridine rings is 1. The Balaban J connectivity index is 1.22. The van der Waals surface area contributed by atoms with Gasteiger partial charge < -0.3 is 24.8 Å². The van der Waals surface area contributed by atoms with Crippen molar-refractivity contribution in [1.29, 1.82) is 5.26 Å². The van der Waals surface area contributed by atoms with E-state index in [-0.39, 0.29) is 29.6 Å². The number of rotatable bonds is 4. The average molecular weight is 460 g/mol. The van der Waals surface area contributed by atoms with Crippen molar-refractivity contribution in [1.82, 2.24) is 25.0 Å². The van der Waals surface area contributed by atoms with Crippen LogP contribution in [0.4, 0.5) is 5.69 Å². The van der Waals surface area contributed by atoms with E-state index in [2.05, 4.69) is 31.5 Å². The average Bonchev–Trinajstić information content (AvgIpc) is 3.44. The first-order chi connectivity index (χ1) is 16.5. The highest BCUT2D eigenvalue weighted by atomic mass is 16.5. The lowest BCUT2D eigenvalue weighted by molar-refractivity contribution is -0.129. The lowest BCUT2D eigenvalue weighted by Crippen LogP contribution is -2.59. The van der Waals surface area contributed by atoms with Gasteiger partial charge in [0.2, 0.25) is 0 Å². The summed E-state index contributed by atoms with van der Waals surface area (Å²) in [7, 11) is 0. The maximum Gasteiger partial charge on any atom is 0.295 e. The minimum Gasteiger partial charge on any atom is -0.390 e. The molecule has 4 heterocycles. The van der Waals surface area contributed by atoms with Crippen LogP contribution < -0.4 is 5.32 Å². The molecule has 174 valence electrons. The van der Waals surface area contributed by atoms with E-state index >= 15 is 0 Å². The van der Waals surface area contributed by atoms with Gasteiger partial charge >= 0.3 is 0 Å².